The Kier molecular flexibility index (Phi) is 4.42. The fraction of sp³-hybridized carbons (Fsp3) is 0.250. The fourth-order valence-corrected chi connectivity index (χ4v) is 2.08. The average molecular weight is 286 g/mol. The maximum Gasteiger partial charge on any atom is 0.312 e. The number of aryl methyl sites for hydroxylation is 1. The second-order valence-electron chi connectivity index (χ2n) is 4.88. The number of benzene rings is 1. The predicted molar refractivity (Wildman–Crippen MR) is 80.4 cm³/mol. The van der Waals surface area contributed by atoms with E-state index in [1.54, 1.807) is 37.5 Å². The molecule has 110 valence electrons. The van der Waals surface area contributed by atoms with E-state index in [2.05, 4.69) is 10.3 Å². The van der Waals surface area contributed by atoms with Crippen LogP contribution in [0.5, 0.6) is 0 Å². The van der Waals surface area contributed by atoms with Crippen LogP contribution in [0, 0.1) is 6.92 Å². The van der Waals surface area contributed by atoms with Crippen LogP contribution in [0.4, 0.5) is 5.69 Å². The van der Waals surface area contributed by atoms with Crippen LogP contribution < -0.4 is 5.32 Å². The summed E-state index contributed by atoms with van der Waals surface area (Å²) in [5.74, 6) is -0.863. The third-order valence-electron chi connectivity index (χ3n) is 3.40. The minimum absolute atomic E-state index is 0.184. The lowest BCUT2D eigenvalue weighted by Crippen LogP contribution is -2.14. The number of methoxy groups -OCH3 is 1. The molecule has 1 atom stereocenters. The Morgan fingerprint density at radius 2 is 2.05 bits per heavy atom. The van der Waals surface area contributed by atoms with Crippen LogP contribution in [0.2, 0.25) is 0 Å². The summed E-state index contributed by atoms with van der Waals surface area (Å²) >= 11 is 0. The summed E-state index contributed by atoms with van der Waals surface area (Å²) in [6.45, 7) is 3.63. The average Bonchev–Trinajstić information content (AvgIpc) is 2.92. The van der Waals surface area contributed by atoms with Crippen molar-refractivity contribution in [3.05, 3.63) is 53.3 Å². The SMILES string of the molecule is COC(=O)C(C)c1cccc(NC(=O)c2c[nH]cc2C)c1. The number of carbonyl (C=O) groups is 2. The predicted octanol–water partition coefficient (Wildman–Crippen LogP) is 2.85. The molecule has 2 rings (SSSR count). The van der Waals surface area contributed by atoms with Gasteiger partial charge in [0, 0.05) is 18.1 Å². The van der Waals surface area contributed by atoms with Gasteiger partial charge >= 0.3 is 5.97 Å². The van der Waals surface area contributed by atoms with E-state index in [1.807, 2.05) is 13.0 Å². The summed E-state index contributed by atoms with van der Waals surface area (Å²) in [6.07, 6.45) is 3.43. The summed E-state index contributed by atoms with van der Waals surface area (Å²) in [5.41, 5.74) is 2.92. The van der Waals surface area contributed by atoms with Crippen molar-refractivity contribution in [3.63, 3.8) is 0 Å². The van der Waals surface area contributed by atoms with Crippen LogP contribution in [-0.2, 0) is 9.53 Å². The molecular formula is C16H18N2O3. The molecule has 0 spiro atoms. The topological polar surface area (TPSA) is 71.2 Å². The van der Waals surface area contributed by atoms with Crippen molar-refractivity contribution in [2.75, 3.05) is 12.4 Å². The molecule has 1 unspecified atom stereocenters. The minimum Gasteiger partial charge on any atom is -0.469 e. The maximum atomic E-state index is 12.1. The summed E-state index contributed by atoms with van der Waals surface area (Å²) in [4.78, 5) is 26.6. The molecule has 1 heterocycles. The molecule has 2 N–H and O–H groups in total. The van der Waals surface area contributed by atoms with Crippen molar-refractivity contribution in [1.82, 2.24) is 4.98 Å². The molecule has 0 saturated heterocycles. The standard InChI is InChI=1S/C16H18N2O3/c1-10-8-17-9-14(10)15(19)18-13-6-4-5-12(7-13)11(2)16(20)21-3/h4-9,11,17H,1-3H3,(H,18,19). The summed E-state index contributed by atoms with van der Waals surface area (Å²) in [6, 6.07) is 7.20. The summed E-state index contributed by atoms with van der Waals surface area (Å²) in [7, 11) is 1.36. The Morgan fingerprint density at radius 3 is 2.67 bits per heavy atom. The van der Waals surface area contributed by atoms with Gasteiger partial charge in [0.05, 0.1) is 18.6 Å². The van der Waals surface area contributed by atoms with Gasteiger partial charge in [-0.15, -0.1) is 0 Å². The van der Waals surface area contributed by atoms with Crippen LogP contribution >= 0.6 is 0 Å². The van der Waals surface area contributed by atoms with Crippen molar-refractivity contribution < 1.29 is 14.3 Å². The highest BCUT2D eigenvalue weighted by Crippen LogP contribution is 2.21. The van der Waals surface area contributed by atoms with E-state index in [0.29, 0.717) is 11.3 Å². The second-order valence-corrected chi connectivity index (χ2v) is 4.88. The second kappa shape index (κ2) is 6.26. The van der Waals surface area contributed by atoms with Gasteiger partial charge in [-0.25, -0.2) is 0 Å². The number of esters is 1. The molecule has 0 aliphatic heterocycles. The third-order valence-corrected chi connectivity index (χ3v) is 3.40. The molecule has 2 aromatic rings. The number of amides is 1. The number of ether oxygens (including phenoxy) is 1. The van der Waals surface area contributed by atoms with Crippen molar-refractivity contribution in [3.8, 4) is 0 Å². The molecule has 0 aliphatic rings. The van der Waals surface area contributed by atoms with Gasteiger partial charge in [-0.2, -0.15) is 0 Å². The zero-order valence-corrected chi connectivity index (χ0v) is 12.3. The number of nitrogens with one attached hydrogen (secondary N) is 2. The molecular weight excluding hydrogens is 268 g/mol. The first-order valence-corrected chi connectivity index (χ1v) is 6.65. The number of carbonyl (C=O) groups excluding carboxylic acids is 2. The lowest BCUT2D eigenvalue weighted by Gasteiger charge is -2.11. The van der Waals surface area contributed by atoms with E-state index < -0.39 is 0 Å². The Morgan fingerprint density at radius 1 is 1.29 bits per heavy atom. The van der Waals surface area contributed by atoms with E-state index in [0.717, 1.165) is 11.1 Å². The van der Waals surface area contributed by atoms with Gasteiger partial charge in [0.15, 0.2) is 0 Å². The molecule has 5 heteroatoms. The Balaban J connectivity index is 2.17. The van der Waals surface area contributed by atoms with Gasteiger partial charge in [-0.05, 0) is 37.1 Å². The van der Waals surface area contributed by atoms with E-state index in [1.165, 1.54) is 7.11 Å². The van der Waals surface area contributed by atoms with Gasteiger partial charge < -0.3 is 15.0 Å². The molecule has 21 heavy (non-hydrogen) atoms. The number of hydrogen-bond donors (Lipinski definition) is 2. The molecule has 0 fully saturated rings. The van der Waals surface area contributed by atoms with Gasteiger partial charge in [-0.3, -0.25) is 9.59 Å². The quantitative estimate of drug-likeness (QED) is 0.849. The monoisotopic (exact) mass is 286 g/mol. The lowest BCUT2D eigenvalue weighted by molar-refractivity contribution is -0.141. The first-order chi connectivity index (χ1) is 10.0. The maximum absolute atomic E-state index is 12.1. The fourth-order valence-electron chi connectivity index (χ4n) is 2.08. The highest BCUT2D eigenvalue weighted by molar-refractivity contribution is 6.05. The van der Waals surface area contributed by atoms with Crippen LogP contribution in [0.15, 0.2) is 36.7 Å². The Bertz CT molecular complexity index is 661. The van der Waals surface area contributed by atoms with E-state index in [9.17, 15) is 9.59 Å². The lowest BCUT2D eigenvalue weighted by atomic mass is 10.0. The van der Waals surface area contributed by atoms with Crippen molar-refractivity contribution in [2.45, 2.75) is 19.8 Å². The Hall–Kier alpha value is -2.56. The van der Waals surface area contributed by atoms with Crippen LogP contribution in [0.25, 0.3) is 0 Å². The van der Waals surface area contributed by atoms with Gasteiger partial charge in [0.25, 0.3) is 5.91 Å². The van der Waals surface area contributed by atoms with Crippen molar-refractivity contribution in [2.24, 2.45) is 0 Å². The number of aromatic nitrogens is 1. The normalized spacial score (nSPS) is 11.8. The number of H-pyrrole nitrogens is 1. The summed E-state index contributed by atoms with van der Waals surface area (Å²) < 4.78 is 4.73. The highest BCUT2D eigenvalue weighted by Gasteiger charge is 2.16. The molecule has 0 radical (unpaired) electrons. The van der Waals surface area contributed by atoms with Gasteiger partial charge in [0.2, 0.25) is 0 Å². The molecule has 1 amide bonds. The number of rotatable bonds is 4. The Labute approximate surface area is 123 Å². The van der Waals surface area contributed by atoms with Gasteiger partial charge in [0.1, 0.15) is 0 Å². The third kappa shape index (κ3) is 3.31. The number of anilines is 1. The molecule has 0 aliphatic carbocycles. The number of aromatic amines is 1. The largest absolute Gasteiger partial charge is 0.469 e. The zero-order valence-electron chi connectivity index (χ0n) is 12.3. The smallest absolute Gasteiger partial charge is 0.312 e. The number of hydrogen-bond acceptors (Lipinski definition) is 3. The van der Waals surface area contributed by atoms with Crippen molar-refractivity contribution in [1.29, 1.82) is 0 Å². The highest BCUT2D eigenvalue weighted by atomic mass is 16.5. The molecule has 0 saturated carbocycles. The molecule has 0 bridgehead atoms. The zero-order chi connectivity index (χ0) is 15.4. The van der Waals surface area contributed by atoms with Crippen LogP contribution in [0.3, 0.4) is 0 Å². The van der Waals surface area contributed by atoms with Crippen molar-refractivity contribution >= 4 is 17.6 Å². The minimum atomic E-state index is -0.374. The molecule has 1 aromatic heterocycles. The first kappa shape index (κ1) is 14.8. The van der Waals surface area contributed by atoms with E-state index >= 15 is 0 Å². The molecule has 5 nitrogen and oxygen atoms in total. The van der Waals surface area contributed by atoms with Crippen LogP contribution in [0.1, 0.15) is 34.3 Å². The first-order valence-electron chi connectivity index (χ1n) is 6.65. The van der Waals surface area contributed by atoms with Crippen LogP contribution in [-0.4, -0.2) is 24.0 Å². The molecule has 1 aromatic carbocycles. The van der Waals surface area contributed by atoms with E-state index in [4.69, 9.17) is 4.74 Å². The summed E-state index contributed by atoms with van der Waals surface area (Å²) in [5, 5.41) is 2.83. The van der Waals surface area contributed by atoms with Gasteiger partial charge in [-0.1, -0.05) is 12.1 Å². The van der Waals surface area contributed by atoms with E-state index in [-0.39, 0.29) is 17.8 Å².